The van der Waals surface area contributed by atoms with E-state index in [0.717, 1.165) is 45.6 Å². The lowest BCUT2D eigenvalue weighted by Crippen LogP contribution is -2.26. The lowest BCUT2D eigenvalue weighted by molar-refractivity contribution is 0.218. The summed E-state index contributed by atoms with van der Waals surface area (Å²) in [5.41, 5.74) is 3.02. The van der Waals surface area contributed by atoms with Gasteiger partial charge >= 0.3 is 5.69 Å². The number of rotatable bonds is 3. The van der Waals surface area contributed by atoms with Crippen molar-refractivity contribution >= 4 is 56.1 Å². The topological polar surface area (TPSA) is 47.8 Å². The standard InChI is InChI=1S/C24H23Cl2N3OS2/c1-24(2,3)14-6-9-17-18(10-14)32-21-19(17)20(13-4-7-15(25)8-5-13)28-23(30)29(21)12-16-11-27-22(26)31-16/h4-5,7-8,11,14H,6,9-10,12H2,1-3H3. The minimum absolute atomic E-state index is 0.252. The number of thiazole rings is 1. The number of nitrogens with zero attached hydrogens (tertiary/aromatic N) is 3. The first-order chi connectivity index (χ1) is 15.2. The second kappa shape index (κ2) is 8.24. The molecule has 8 heteroatoms. The summed E-state index contributed by atoms with van der Waals surface area (Å²) < 4.78 is 2.27. The van der Waals surface area contributed by atoms with E-state index >= 15 is 0 Å². The molecular formula is C24H23Cl2N3OS2. The number of aromatic nitrogens is 3. The summed E-state index contributed by atoms with van der Waals surface area (Å²) in [6.07, 6.45) is 4.93. The van der Waals surface area contributed by atoms with Crippen molar-refractivity contribution in [3.05, 3.63) is 65.8 Å². The van der Waals surface area contributed by atoms with Gasteiger partial charge in [0.05, 0.1) is 12.2 Å². The predicted molar refractivity (Wildman–Crippen MR) is 136 cm³/mol. The Hall–Kier alpha value is -1.73. The second-order valence-electron chi connectivity index (χ2n) is 9.41. The van der Waals surface area contributed by atoms with Crippen molar-refractivity contribution in [2.24, 2.45) is 11.3 Å². The summed E-state index contributed by atoms with van der Waals surface area (Å²) in [6.45, 7) is 7.39. The number of thiophene rings is 1. The highest BCUT2D eigenvalue weighted by molar-refractivity contribution is 7.19. The fourth-order valence-electron chi connectivity index (χ4n) is 4.51. The maximum absolute atomic E-state index is 13.2. The molecule has 0 amide bonds. The molecule has 3 heterocycles. The molecule has 0 fully saturated rings. The molecule has 0 N–H and O–H groups in total. The van der Waals surface area contributed by atoms with E-state index in [1.54, 1.807) is 22.1 Å². The number of aryl methyl sites for hydroxylation is 1. The molecule has 1 aliphatic rings. The zero-order valence-corrected chi connectivity index (χ0v) is 21.3. The average Bonchev–Trinajstić information content (AvgIpc) is 3.32. The summed E-state index contributed by atoms with van der Waals surface area (Å²) in [5, 5.41) is 1.77. The van der Waals surface area contributed by atoms with Crippen molar-refractivity contribution in [1.29, 1.82) is 0 Å². The quantitative estimate of drug-likeness (QED) is 0.299. The van der Waals surface area contributed by atoms with E-state index in [1.165, 1.54) is 21.8 Å². The molecule has 1 unspecified atom stereocenters. The monoisotopic (exact) mass is 503 g/mol. The summed E-state index contributed by atoms with van der Waals surface area (Å²) in [5.74, 6) is 0.621. The van der Waals surface area contributed by atoms with E-state index in [1.807, 2.05) is 24.3 Å². The van der Waals surface area contributed by atoms with Crippen molar-refractivity contribution in [3.63, 3.8) is 0 Å². The molecule has 3 aromatic heterocycles. The molecule has 0 saturated heterocycles. The van der Waals surface area contributed by atoms with Crippen molar-refractivity contribution in [2.75, 3.05) is 0 Å². The highest BCUT2D eigenvalue weighted by Gasteiger charge is 2.32. The Labute approximate surface area is 204 Å². The lowest BCUT2D eigenvalue weighted by atomic mass is 9.72. The number of benzene rings is 1. The summed E-state index contributed by atoms with van der Waals surface area (Å²) >= 11 is 15.3. The Morgan fingerprint density at radius 3 is 2.56 bits per heavy atom. The van der Waals surface area contributed by atoms with Gasteiger partial charge in [-0.05, 0) is 48.3 Å². The van der Waals surface area contributed by atoms with Crippen LogP contribution in [0.4, 0.5) is 0 Å². The molecule has 4 aromatic rings. The van der Waals surface area contributed by atoms with E-state index in [-0.39, 0.29) is 11.1 Å². The van der Waals surface area contributed by atoms with E-state index < -0.39 is 0 Å². The molecule has 1 aliphatic carbocycles. The zero-order chi connectivity index (χ0) is 22.6. The number of hydrogen-bond donors (Lipinski definition) is 0. The zero-order valence-electron chi connectivity index (χ0n) is 18.1. The summed E-state index contributed by atoms with van der Waals surface area (Å²) in [6, 6.07) is 7.59. The maximum Gasteiger partial charge on any atom is 0.349 e. The van der Waals surface area contributed by atoms with E-state index in [9.17, 15) is 4.79 Å². The van der Waals surface area contributed by atoms with Gasteiger partial charge in [0.1, 0.15) is 4.83 Å². The van der Waals surface area contributed by atoms with Crippen LogP contribution in [-0.2, 0) is 19.4 Å². The smallest absolute Gasteiger partial charge is 0.278 e. The Kier molecular flexibility index (Phi) is 5.69. The van der Waals surface area contributed by atoms with Gasteiger partial charge in [0, 0.05) is 31.9 Å². The van der Waals surface area contributed by atoms with Gasteiger partial charge in [0.2, 0.25) is 0 Å². The largest absolute Gasteiger partial charge is 0.349 e. The normalized spacial score (nSPS) is 16.5. The van der Waals surface area contributed by atoms with Gasteiger partial charge in [0.25, 0.3) is 0 Å². The first-order valence-corrected chi connectivity index (χ1v) is 13.0. The first-order valence-electron chi connectivity index (χ1n) is 10.6. The van der Waals surface area contributed by atoms with Crippen molar-refractivity contribution in [3.8, 4) is 11.3 Å². The van der Waals surface area contributed by atoms with Gasteiger partial charge in [-0.15, -0.1) is 22.7 Å². The van der Waals surface area contributed by atoms with Crippen molar-refractivity contribution in [2.45, 2.75) is 46.6 Å². The first kappa shape index (κ1) is 22.1. The van der Waals surface area contributed by atoms with Crippen LogP contribution < -0.4 is 5.69 Å². The average molecular weight is 505 g/mol. The van der Waals surface area contributed by atoms with Crippen LogP contribution >= 0.6 is 45.9 Å². The van der Waals surface area contributed by atoms with Crippen LogP contribution in [0, 0.1) is 11.3 Å². The van der Waals surface area contributed by atoms with E-state index in [4.69, 9.17) is 23.2 Å². The Bertz CT molecular complexity index is 1360. The third kappa shape index (κ3) is 4.03. The SMILES string of the molecule is CC(C)(C)C1CCc2c(sc3c2c(-c2ccc(Cl)cc2)nc(=O)n3Cc2cnc(Cl)s2)C1. The third-order valence-corrected chi connectivity index (χ3v) is 8.98. The van der Waals surface area contributed by atoms with Crippen LogP contribution in [0.25, 0.3) is 21.5 Å². The molecule has 5 rings (SSSR count). The number of fused-ring (bicyclic) bond motifs is 3. The predicted octanol–water partition coefficient (Wildman–Crippen LogP) is 7.09. The van der Waals surface area contributed by atoms with Gasteiger partial charge in [-0.1, -0.05) is 56.1 Å². The molecule has 4 nitrogen and oxygen atoms in total. The van der Waals surface area contributed by atoms with Crippen LogP contribution in [0.3, 0.4) is 0 Å². The molecule has 0 saturated carbocycles. The van der Waals surface area contributed by atoms with Gasteiger partial charge in [-0.25, -0.2) is 9.78 Å². The molecule has 32 heavy (non-hydrogen) atoms. The van der Waals surface area contributed by atoms with Crippen LogP contribution in [0.15, 0.2) is 35.3 Å². The van der Waals surface area contributed by atoms with Crippen LogP contribution in [0.2, 0.25) is 9.49 Å². The third-order valence-electron chi connectivity index (χ3n) is 6.35. The molecule has 0 spiro atoms. The molecule has 1 aromatic carbocycles. The van der Waals surface area contributed by atoms with Gasteiger partial charge < -0.3 is 0 Å². The summed E-state index contributed by atoms with van der Waals surface area (Å²) in [7, 11) is 0. The van der Waals surface area contributed by atoms with Crippen LogP contribution in [-0.4, -0.2) is 14.5 Å². The molecular weight excluding hydrogens is 481 g/mol. The molecule has 166 valence electrons. The number of hydrogen-bond acceptors (Lipinski definition) is 5. The van der Waals surface area contributed by atoms with Crippen LogP contribution in [0.1, 0.15) is 42.5 Å². The minimum atomic E-state index is -0.252. The van der Waals surface area contributed by atoms with E-state index in [2.05, 4.69) is 30.7 Å². The van der Waals surface area contributed by atoms with Crippen molar-refractivity contribution in [1.82, 2.24) is 14.5 Å². The molecule has 0 aliphatic heterocycles. The Balaban J connectivity index is 1.73. The van der Waals surface area contributed by atoms with Gasteiger partial charge in [-0.3, -0.25) is 4.57 Å². The second-order valence-corrected chi connectivity index (χ2v) is 12.6. The highest BCUT2D eigenvalue weighted by Crippen LogP contribution is 2.45. The maximum atomic E-state index is 13.2. The summed E-state index contributed by atoms with van der Waals surface area (Å²) in [4.78, 5) is 25.2. The lowest BCUT2D eigenvalue weighted by Gasteiger charge is -2.33. The van der Waals surface area contributed by atoms with Gasteiger partial charge in [0.15, 0.2) is 4.47 Å². The van der Waals surface area contributed by atoms with Crippen molar-refractivity contribution < 1.29 is 0 Å². The van der Waals surface area contributed by atoms with E-state index in [0.29, 0.717) is 22.0 Å². The molecule has 0 radical (unpaired) electrons. The van der Waals surface area contributed by atoms with Crippen LogP contribution in [0.5, 0.6) is 0 Å². The number of halogens is 2. The minimum Gasteiger partial charge on any atom is -0.278 e. The Morgan fingerprint density at radius 2 is 1.91 bits per heavy atom. The van der Waals surface area contributed by atoms with Gasteiger partial charge in [-0.2, -0.15) is 4.98 Å². The molecule has 1 atom stereocenters. The fraction of sp³-hybridized carbons (Fsp3) is 0.375. The Morgan fingerprint density at radius 1 is 1.16 bits per heavy atom. The highest BCUT2D eigenvalue weighted by atomic mass is 35.5. The molecule has 0 bridgehead atoms. The fourth-order valence-corrected chi connectivity index (χ4v) is 7.03.